The standard InChI is InChI=1S/C17H22N2O2/c1-17(2,3)21-16(20)19-11-15(18)14-9-8-12-6-4-5-7-13(12)10-14/h4-10,15H,11,18H2,1-3H3,(H,19,20)/t15-/m0/s1. The number of hydrogen-bond acceptors (Lipinski definition) is 3. The Morgan fingerprint density at radius 3 is 2.52 bits per heavy atom. The van der Waals surface area contributed by atoms with Crippen molar-refractivity contribution in [2.24, 2.45) is 5.73 Å². The highest BCUT2D eigenvalue weighted by atomic mass is 16.6. The lowest BCUT2D eigenvalue weighted by atomic mass is 10.0. The van der Waals surface area contributed by atoms with Crippen LogP contribution < -0.4 is 11.1 Å². The topological polar surface area (TPSA) is 64.3 Å². The minimum Gasteiger partial charge on any atom is -0.444 e. The molecule has 0 heterocycles. The average molecular weight is 286 g/mol. The molecular formula is C17H22N2O2. The fourth-order valence-corrected chi connectivity index (χ4v) is 2.06. The summed E-state index contributed by atoms with van der Waals surface area (Å²) in [5, 5.41) is 5.02. The van der Waals surface area contributed by atoms with Gasteiger partial charge in [-0.25, -0.2) is 4.79 Å². The Bertz CT molecular complexity index is 632. The number of nitrogens with one attached hydrogen (secondary N) is 1. The minimum absolute atomic E-state index is 0.262. The summed E-state index contributed by atoms with van der Waals surface area (Å²) >= 11 is 0. The van der Waals surface area contributed by atoms with E-state index in [1.807, 2.05) is 51.1 Å². The van der Waals surface area contributed by atoms with Crippen molar-refractivity contribution in [3.63, 3.8) is 0 Å². The highest BCUT2D eigenvalue weighted by Crippen LogP contribution is 2.19. The molecular weight excluding hydrogens is 264 g/mol. The molecule has 2 rings (SSSR count). The number of alkyl carbamates (subject to hydrolysis) is 1. The van der Waals surface area contributed by atoms with Crippen LogP contribution >= 0.6 is 0 Å². The van der Waals surface area contributed by atoms with Crippen molar-refractivity contribution in [1.82, 2.24) is 5.32 Å². The van der Waals surface area contributed by atoms with Gasteiger partial charge in [-0.3, -0.25) is 0 Å². The first-order valence-corrected chi connectivity index (χ1v) is 7.06. The van der Waals surface area contributed by atoms with Crippen molar-refractivity contribution in [3.8, 4) is 0 Å². The lowest BCUT2D eigenvalue weighted by Crippen LogP contribution is -2.36. The zero-order valence-electron chi connectivity index (χ0n) is 12.7. The molecule has 2 aromatic carbocycles. The Morgan fingerprint density at radius 1 is 1.19 bits per heavy atom. The molecule has 0 bridgehead atoms. The molecule has 1 atom stereocenters. The first-order valence-electron chi connectivity index (χ1n) is 7.06. The maximum Gasteiger partial charge on any atom is 0.407 e. The van der Waals surface area contributed by atoms with Crippen molar-refractivity contribution >= 4 is 16.9 Å². The van der Waals surface area contributed by atoms with E-state index in [9.17, 15) is 4.79 Å². The first-order chi connectivity index (χ1) is 9.85. The van der Waals surface area contributed by atoms with Gasteiger partial charge in [0.05, 0.1) is 0 Å². The highest BCUT2D eigenvalue weighted by molar-refractivity contribution is 5.83. The van der Waals surface area contributed by atoms with Gasteiger partial charge in [-0.2, -0.15) is 0 Å². The van der Waals surface area contributed by atoms with Gasteiger partial charge in [-0.15, -0.1) is 0 Å². The Morgan fingerprint density at radius 2 is 1.86 bits per heavy atom. The van der Waals surface area contributed by atoms with E-state index in [2.05, 4.69) is 17.4 Å². The second-order valence-electron chi connectivity index (χ2n) is 6.10. The Kier molecular flexibility index (Phi) is 4.48. The maximum atomic E-state index is 11.6. The molecule has 0 aliphatic rings. The summed E-state index contributed by atoms with van der Waals surface area (Å²) in [6, 6.07) is 13.9. The first kappa shape index (κ1) is 15.3. The lowest BCUT2D eigenvalue weighted by molar-refractivity contribution is 0.0524. The lowest BCUT2D eigenvalue weighted by Gasteiger charge is -2.21. The van der Waals surface area contributed by atoms with E-state index >= 15 is 0 Å². The van der Waals surface area contributed by atoms with Crippen LogP contribution in [0.15, 0.2) is 42.5 Å². The van der Waals surface area contributed by atoms with Gasteiger partial charge in [-0.05, 0) is 43.2 Å². The van der Waals surface area contributed by atoms with Crippen LogP contribution in [-0.2, 0) is 4.74 Å². The number of carbonyl (C=O) groups excluding carboxylic acids is 1. The number of hydrogen-bond donors (Lipinski definition) is 2. The molecule has 0 saturated heterocycles. The predicted molar refractivity (Wildman–Crippen MR) is 85.1 cm³/mol. The van der Waals surface area contributed by atoms with Crippen LogP contribution in [0.4, 0.5) is 4.79 Å². The van der Waals surface area contributed by atoms with Crippen LogP contribution in [0.5, 0.6) is 0 Å². The largest absolute Gasteiger partial charge is 0.444 e. The Hall–Kier alpha value is -2.07. The summed E-state index contributed by atoms with van der Waals surface area (Å²) in [7, 11) is 0. The quantitative estimate of drug-likeness (QED) is 0.909. The maximum absolute atomic E-state index is 11.6. The normalized spacial score (nSPS) is 13.0. The number of fused-ring (bicyclic) bond motifs is 1. The van der Waals surface area contributed by atoms with E-state index in [1.165, 1.54) is 5.39 Å². The number of amides is 1. The number of nitrogens with two attached hydrogens (primary N) is 1. The van der Waals surface area contributed by atoms with E-state index in [1.54, 1.807) is 0 Å². The van der Waals surface area contributed by atoms with Crippen molar-refractivity contribution in [2.75, 3.05) is 6.54 Å². The van der Waals surface area contributed by atoms with Gasteiger partial charge in [0.15, 0.2) is 0 Å². The van der Waals surface area contributed by atoms with E-state index < -0.39 is 11.7 Å². The molecule has 0 saturated carbocycles. The number of benzene rings is 2. The second-order valence-corrected chi connectivity index (χ2v) is 6.10. The second kappa shape index (κ2) is 6.14. The smallest absolute Gasteiger partial charge is 0.407 e. The van der Waals surface area contributed by atoms with Crippen LogP contribution in [-0.4, -0.2) is 18.2 Å². The molecule has 0 radical (unpaired) electrons. The zero-order valence-corrected chi connectivity index (χ0v) is 12.7. The van der Waals surface area contributed by atoms with Gasteiger partial charge in [0.2, 0.25) is 0 Å². The van der Waals surface area contributed by atoms with Crippen LogP contribution in [0, 0.1) is 0 Å². The van der Waals surface area contributed by atoms with Gasteiger partial charge in [0, 0.05) is 12.6 Å². The predicted octanol–water partition coefficient (Wildman–Crippen LogP) is 3.36. The molecule has 4 nitrogen and oxygen atoms in total. The SMILES string of the molecule is CC(C)(C)OC(=O)NC[C@H](N)c1ccc2ccccc2c1. The summed E-state index contributed by atoms with van der Waals surface area (Å²) < 4.78 is 5.19. The molecule has 3 N–H and O–H groups in total. The molecule has 2 aromatic rings. The fourth-order valence-electron chi connectivity index (χ4n) is 2.06. The fraction of sp³-hybridized carbons (Fsp3) is 0.353. The van der Waals surface area contributed by atoms with Crippen molar-refractivity contribution in [3.05, 3.63) is 48.0 Å². The summed E-state index contributed by atoms with van der Waals surface area (Å²) in [6.07, 6.45) is -0.446. The molecule has 112 valence electrons. The Labute approximate surface area is 125 Å². The molecule has 21 heavy (non-hydrogen) atoms. The number of rotatable bonds is 3. The van der Waals surface area contributed by atoms with Crippen LogP contribution in [0.1, 0.15) is 32.4 Å². The van der Waals surface area contributed by atoms with Gasteiger partial charge < -0.3 is 15.8 Å². The summed E-state index contributed by atoms with van der Waals surface area (Å²) in [4.78, 5) is 11.6. The van der Waals surface area contributed by atoms with Gasteiger partial charge in [0.25, 0.3) is 0 Å². The molecule has 0 aliphatic carbocycles. The van der Waals surface area contributed by atoms with Crippen LogP contribution in [0.25, 0.3) is 10.8 Å². The van der Waals surface area contributed by atoms with Gasteiger partial charge >= 0.3 is 6.09 Å². The molecule has 0 unspecified atom stereocenters. The summed E-state index contributed by atoms with van der Waals surface area (Å²) in [6.45, 7) is 5.83. The molecule has 4 heteroatoms. The highest BCUT2D eigenvalue weighted by Gasteiger charge is 2.16. The third-order valence-electron chi connectivity index (χ3n) is 3.07. The molecule has 0 aromatic heterocycles. The van der Waals surface area contributed by atoms with E-state index in [0.29, 0.717) is 6.54 Å². The summed E-state index contributed by atoms with van der Waals surface area (Å²) in [5.41, 5.74) is 6.62. The van der Waals surface area contributed by atoms with Crippen molar-refractivity contribution in [1.29, 1.82) is 0 Å². The van der Waals surface area contributed by atoms with Crippen LogP contribution in [0.3, 0.4) is 0 Å². The van der Waals surface area contributed by atoms with Crippen molar-refractivity contribution < 1.29 is 9.53 Å². The third kappa shape index (κ3) is 4.46. The minimum atomic E-state index is -0.503. The molecule has 0 aliphatic heterocycles. The van der Waals surface area contributed by atoms with E-state index in [0.717, 1.165) is 10.9 Å². The van der Waals surface area contributed by atoms with Gasteiger partial charge in [-0.1, -0.05) is 36.4 Å². The summed E-state index contributed by atoms with van der Waals surface area (Å²) in [5.74, 6) is 0. The zero-order chi connectivity index (χ0) is 15.5. The molecule has 0 fully saturated rings. The van der Waals surface area contributed by atoms with Crippen LogP contribution in [0.2, 0.25) is 0 Å². The third-order valence-corrected chi connectivity index (χ3v) is 3.07. The average Bonchev–Trinajstić information content (AvgIpc) is 2.42. The van der Waals surface area contributed by atoms with Gasteiger partial charge in [0.1, 0.15) is 5.60 Å². The number of carbonyl (C=O) groups is 1. The monoisotopic (exact) mass is 286 g/mol. The van der Waals surface area contributed by atoms with E-state index in [-0.39, 0.29) is 6.04 Å². The Balaban J connectivity index is 1.99. The molecule has 1 amide bonds. The van der Waals surface area contributed by atoms with E-state index in [4.69, 9.17) is 10.5 Å². The molecule has 0 spiro atoms. The van der Waals surface area contributed by atoms with Crippen molar-refractivity contribution in [2.45, 2.75) is 32.4 Å². The number of ether oxygens (including phenoxy) is 1.